The fourth-order valence-corrected chi connectivity index (χ4v) is 3.28. The second-order valence-electron chi connectivity index (χ2n) is 6.17. The Bertz CT molecular complexity index is 371. The van der Waals surface area contributed by atoms with E-state index < -0.39 is 0 Å². The van der Waals surface area contributed by atoms with Gasteiger partial charge >= 0.3 is 0 Å². The monoisotopic (exact) mass is 261 g/mol. The lowest BCUT2D eigenvalue weighted by Crippen LogP contribution is -2.41. The van der Waals surface area contributed by atoms with Gasteiger partial charge in [0.05, 0.1) is 0 Å². The Morgan fingerprint density at radius 1 is 1.16 bits per heavy atom. The van der Waals surface area contributed by atoms with Gasteiger partial charge in [-0.15, -0.1) is 0 Å². The molecule has 0 bridgehead atoms. The Labute approximate surface area is 117 Å². The minimum atomic E-state index is 0.351. The Kier molecular flexibility index (Phi) is 5.26. The van der Waals surface area contributed by atoms with Gasteiger partial charge in [0.2, 0.25) is 0 Å². The van der Waals surface area contributed by atoms with Crippen molar-refractivity contribution in [2.45, 2.75) is 52.0 Å². The van der Waals surface area contributed by atoms with Crippen molar-refractivity contribution in [2.75, 3.05) is 6.54 Å². The summed E-state index contributed by atoms with van der Waals surface area (Å²) in [6.07, 6.45) is 6.54. The van der Waals surface area contributed by atoms with Crippen molar-refractivity contribution in [3.8, 4) is 5.75 Å². The molecule has 1 aliphatic rings. The largest absolute Gasteiger partial charge is 0.508 e. The molecule has 2 heteroatoms. The third kappa shape index (κ3) is 4.24. The summed E-state index contributed by atoms with van der Waals surface area (Å²) in [4.78, 5) is 0. The van der Waals surface area contributed by atoms with Gasteiger partial charge in [-0.3, -0.25) is 0 Å². The fourth-order valence-electron chi connectivity index (χ4n) is 3.28. The third-order valence-electron chi connectivity index (χ3n) is 4.43. The van der Waals surface area contributed by atoms with E-state index in [1.165, 1.54) is 31.2 Å². The fraction of sp³-hybridized carbons (Fsp3) is 0.647. The molecule has 2 nitrogen and oxygen atoms in total. The second kappa shape index (κ2) is 6.95. The van der Waals surface area contributed by atoms with E-state index in [1.54, 1.807) is 12.1 Å². The molecule has 1 fully saturated rings. The van der Waals surface area contributed by atoms with Gasteiger partial charge in [0, 0.05) is 6.04 Å². The first-order chi connectivity index (χ1) is 9.16. The van der Waals surface area contributed by atoms with Crippen LogP contribution in [-0.2, 0) is 6.42 Å². The highest BCUT2D eigenvalue weighted by atomic mass is 16.3. The number of aromatic hydroxyl groups is 1. The predicted molar refractivity (Wildman–Crippen MR) is 80.4 cm³/mol. The first kappa shape index (κ1) is 14.4. The van der Waals surface area contributed by atoms with E-state index in [1.807, 2.05) is 12.1 Å². The highest BCUT2D eigenvalue weighted by Gasteiger charge is 2.26. The van der Waals surface area contributed by atoms with E-state index in [4.69, 9.17) is 0 Å². The lowest BCUT2D eigenvalue weighted by molar-refractivity contribution is 0.207. The average Bonchev–Trinajstić information content (AvgIpc) is 2.41. The van der Waals surface area contributed by atoms with Gasteiger partial charge in [-0.25, -0.2) is 0 Å². The molecule has 106 valence electrons. The quantitative estimate of drug-likeness (QED) is 0.846. The van der Waals surface area contributed by atoms with E-state index in [0.717, 1.165) is 24.8 Å². The molecule has 2 atom stereocenters. The van der Waals surface area contributed by atoms with Crippen LogP contribution in [0.15, 0.2) is 24.3 Å². The first-order valence-corrected chi connectivity index (χ1v) is 7.68. The molecule has 0 saturated heterocycles. The molecule has 0 radical (unpaired) electrons. The van der Waals surface area contributed by atoms with Crippen LogP contribution >= 0.6 is 0 Å². The smallest absolute Gasteiger partial charge is 0.115 e. The van der Waals surface area contributed by atoms with Crippen LogP contribution in [-0.4, -0.2) is 17.7 Å². The Morgan fingerprint density at radius 3 is 2.53 bits per heavy atom. The summed E-state index contributed by atoms with van der Waals surface area (Å²) >= 11 is 0. The SMILES string of the molecule is CC(C)C1CCCCC1NCCc1ccc(O)cc1. The molecule has 0 amide bonds. The van der Waals surface area contributed by atoms with E-state index in [0.29, 0.717) is 11.8 Å². The minimum Gasteiger partial charge on any atom is -0.508 e. The summed E-state index contributed by atoms with van der Waals surface area (Å²) in [6, 6.07) is 8.26. The van der Waals surface area contributed by atoms with Gasteiger partial charge in [0.25, 0.3) is 0 Å². The van der Waals surface area contributed by atoms with Gasteiger partial charge in [-0.05, 0) is 55.3 Å². The van der Waals surface area contributed by atoms with Gasteiger partial charge in [-0.1, -0.05) is 38.8 Å². The maximum absolute atomic E-state index is 9.27. The van der Waals surface area contributed by atoms with Crippen molar-refractivity contribution in [1.82, 2.24) is 5.32 Å². The standard InChI is InChI=1S/C17H27NO/c1-13(2)16-5-3-4-6-17(16)18-12-11-14-7-9-15(19)10-8-14/h7-10,13,16-19H,3-6,11-12H2,1-2H3. The van der Waals surface area contributed by atoms with Crippen LogP contribution in [0.2, 0.25) is 0 Å². The Hall–Kier alpha value is -1.02. The van der Waals surface area contributed by atoms with Gasteiger partial charge in [0.1, 0.15) is 5.75 Å². The number of hydrogen-bond acceptors (Lipinski definition) is 2. The van der Waals surface area contributed by atoms with Gasteiger partial charge in [-0.2, -0.15) is 0 Å². The Morgan fingerprint density at radius 2 is 1.84 bits per heavy atom. The number of hydrogen-bond donors (Lipinski definition) is 2. The molecule has 2 N–H and O–H groups in total. The lowest BCUT2D eigenvalue weighted by atomic mass is 9.78. The molecule has 1 aromatic rings. The van der Waals surface area contributed by atoms with Gasteiger partial charge in [0.15, 0.2) is 0 Å². The number of benzene rings is 1. The molecule has 2 unspecified atom stereocenters. The number of nitrogens with one attached hydrogen (secondary N) is 1. The Balaban J connectivity index is 1.79. The van der Waals surface area contributed by atoms with Crippen LogP contribution in [0.1, 0.15) is 45.1 Å². The normalized spacial score (nSPS) is 23.7. The molecule has 2 rings (SSSR count). The highest BCUT2D eigenvalue weighted by molar-refractivity contribution is 5.25. The van der Waals surface area contributed by atoms with Crippen molar-refractivity contribution >= 4 is 0 Å². The van der Waals surface area contributed by atoms with Crippen LogP contribution in [0, 0.1) is 11.8 Å². The van der Waals surface area contributed by atoms with E-state index in [-0.39, 0.29) is 0 Å². The van der Waals surface area contributed by atoms with Crippen LogP contribution in [0.3, 0.4) is 0 Å². The van der Waals surface area contributed by atoms with Crippen molar-refractivity contribution in [3.63, 3.8) is 0 Å². The van der Waals surface area contributed by atoms with Crippen molar-refractivity contribution in [2.24, 2.45) is 11.8 Å². The molecular formula is C17H27NO. The maximum atomic E-state index is 9.27. The third-order valence-corrected chi connectivity index (χ3v) is 4.43. The van der Waals surface area contributed by atoms with Gasteiger partial charge < -0.3 is 10.4 Å². The average molecular weight is 261 g/mol. The second-order valence-corrected chi connectivity index (χ2v) is 6.17. The summed E-state index contributed by atoms with van der Waals surface area (Å²) < 4.78 is 0. The number of phenolic OH excluding ortho intramolecular Hbond substituents is 1. The molecule has 0 aromatic heterocycles. The summed E-state index contributed by atoms with van der Waals surface area (Å²) in [7, 11) is 0. The van der Waals surface area contributed by atoms with Crippen molar-refractivity contribution < 1.29 is 5.11 Å². The molecule has 0 aliphatic heterocycles. The highest BCUT2D eigenvalue weighted by Crippen LogP contribution is 2.30. The summed E-state index contributed by atoms with van der Waals surface area (Å²) in [6.45, 7) is 5.74. The van der Waals surface area contributed by atoms with E-state index >= 15 is 0 Å². The summed E-state index contributed by atoms with van der Waals surface area (Å²) in [5.74, 6) is 1.98. The molecule has 19 heavy (non-hydrogen) atoms. The zero-order valence-corrected chi connectivity index (χ0v) is 12.2. The zero-order chi connectivity index (χ0) is 13.7. The number of phenols is 1. The minimum absolute atomic E-state index is 0.351. The van der Waals surface area contributed by atoms with E-state index in [2.05, 4.69) is 19.2 Å². The van der Waals surface area contributed by atoms with Crippen LogP contribution < -0.4 is 5.32 Å². The maximum Gasteiger partial charge on any atom is 0.115 e. The zero-order valence-electron chi connectivity index (χ0n) is 12.2. The molecule has 0 spiro atoms. The van der Waals surface area contributed by atoms with Crippen LogP contribution in [0.5, 0.6) is 5.75 Å². The topological polar surface area (TPSA) is 32.3 Å². The number of rotatable bonds is 5. The molecular weight excluding hydrogens is 234 g/mol. The van der Waals surface area contributed by atoms with Crippen molar-refractivity contribution in [1.29, 1.82) is 0 Å². The summed E-state index contributed by atoms with van der Waals surface area (Å²) in [5, 5.41) is 13.0. The molecule has 1 aromatic carbocycles. The molecule has 1 saturated carbocycles. The summed E-state index contributed by atoms with van der Waals surface area (Å²) in [5.41, 5.74) is 1.29. The molecule has 1 aliphatic carbocycles. The van der Waals surface area contributed by atoms with Crippen LogP contribution in [0.4, 0.5) is 0 Å². The first-order valence-electron chi connectivity index (χ1n) is 7.68. The van der Waals surface area contributed by atoms with Crippen LogP contribution in [0.25, 0.3) is 0 Å². The van der Waals surface area contributed by atoms with E-state index in [9.17, 15) is 5.11 Å². The van der Waals surface area contributed by atoms with Crippen molar-refractivity contribution in [3.05, 3.63) is 29.8 Å². The molecule has 0 heterocycles. The lowest BCUT2D eigenvalue weighted by Gasteiger charge is -2.35. The predicted octanol–water partition coefficient (Wildman–Crippen LogP) is 3.74.